The molecule has 9 nitrogen and oxygen atoms in total. The summed E-state index contributed by atoms with van der Waals surface area (Å²) in [6.07, 6.45) is 0. The van der Waals surface area contributed by atoms with E-state index in [1.807, 2.05) is 0 Å². The molecule has 30 heavy (non-hydrogen) atoms. The van der Waals surface area contributed by atoms with Crippen LogP contribution < -0.4 is 30.2 Å². The molecular weight excluding hydrogens is 410 g/mol. The van der Waals surface area contributed by atoms with Crippen molar-refractivity contribution in [2.75, 3.05) is 39.8 Å². The number of thiocarbonyl (C=S) groups is 1. The number of nitrogens with one attached hydrogen (secondary N) is 3. The highest BCUT2D eigenvalue weighted by Gasteiger charge is 2.18. The van der Waals surface area contributed by atoms with Crippen LogP contribution in [0.1, 0.15) is 20.7 Å². The molecule has 0 fully saturated rings. The lowest BCUT2D eigenvalue weighted by atomic mass is 10.1. The van der Waals surface area contributed by atoms with Gasteiger partial charge in [0.15, 0.2) is 16.6 Å². The van der Waals surface area contributed by atoms with Crippen LogP contribution in [0.15, 0.2) is 36.4 Å². The third-order valence-electron chi connectivity index (χ3n) is 3.97. The fraction of sp³-hybridized carbons (Fsp3) is 0.250. The second-order valence-corrected chi connectivity index (χ2v) is 6.26. The number of ether oxygens (including phenoxy) is 3. The van der Waals surface area contributed by atoms with Gasteiger partial charge in [0.05, 0.1) is 39.2 Å². The number of carbonyl (C=O) groups is 2. The van der Waals surface area contributed by atoms with Crippen molar-refractivity contribution in [3.8, 4) is 17.2 Å². The van der Waals surface area contributed by atoms with E-state index in [2.05, 4.69) is 16.0 Å². The summed E-state index contributed by atoms with van der Waals surface area (Å²) in [6, 6.07) is 9.64. The molecule has 2 rings (SSSR count). The summed E-state index contributed by atoms with van der Waals surface area (Å²) in [7, 11) is 4.36. The Morgan fingerprint density at radius 1 is 1.00 bits per heavy atom. The first kappa shape index (κ1) is 22.9. The normalized spacial score (nSPS) is 10.0. The van der Waals surface area contributed by atoms with Gasteiger partial charge in [0, 0.05) is 12.1 Å². The van der Waals surface area contributed by atoms with Crippen molar-refractivity contribution in [1.82, 2.24) is 10.6 Å². The molecule has 0 heterocycles. The van der Waals surface area contributed by atoms with Gasteiger partial charge < -0.3 is 30.0 Å². The summed E-state index contributed by atoms with van der Waals surface area (Å²) in [5, 5.41) is 16.8. The van der Waals surface area contributed by atoms with Crippen molar-refractivity contribution in [3.63, 3.8) is 0 Å². The first-order valence-electron chi connectivity index (χ1n) is 8.85. The average molecular weight is 433 g/mol. The van der Waals surface area contributed by atoms with Crippen LogP contribution in [0.3, 0.4) is 0 Å². The number of rotatable bonds is 8. The van der Waals surface area contributed by atoms with Crippen LogP contribution >= 0.6 is 12.2 Å². The van der Waals surface area contributed by atoms with E-state index >= 15 is 0 Å². The van der Waals surface area contributed by atoms with Gasteiger partial charge in [-0.2, -0.15) is 0 Å². The summed E-state index contributed by atoms with van der Waals surface area (Å²) in [6.45, 7) is -0.0555. The van der Waals surface area contributed by atoms with Crippen LogP contribution in [-0.4, -0.2) is 56.5 Å². The van der Waals surface area contributed by atoms with Gasteiger partial charge in [-0.1, -0.05) is 12.1 Å². The van der Waals surface area contributed by atoms with E-state index < -0.39 is 5.91 Å². The highest BCUT2D eigenvalue weighted by atomic mass is 32.1. The van der Waals surface area contributed by atoms with E-state index in [0.717, 1.165) is 0 Å². The lowest BCUT2D eigenvalue weighted by Crippen LogP contribution is -2.35. The Hall–Kier alpha value is -3.37. The van der Waals surface area contributed by atoms with E-state index in [-0.39, 0.29) is 29.7 Å². The largest absolute Gasteiger partial charge is 0.493 e. The van der Waals surface area contributed by atoms with Gasteiger partial charge in [-0.05, 0) is 36.5 Å². The van der Waals surface area contributed by atoms with Gasteiger partial charge in [-0.3, -0.25) is 14.9 Å². The number of hydrogen-bond donors (Lipinski definition) is 4. The minimum atomic E-state index is -0.506. The van der Waals surface area contributed by atoms with Crippen molar-refractivity contribution in [3.05, 3.63) is 47.5 Å². The second-order valence-electron chi connectivity index (χ2n) is 5.85. The quantitative estimate of drug-likeness (QED) is 0.464. The molecule has 0 aliphatic rings. The van der Waals surface area contributed by atoms with Crippen LogP contribution in [0.4, 0.5) is 5.69 Å². The lowest BCUT2D eigenvalue weighted by Gasteiger charge is -2.15. The first-order chi connectivity index (χ1) is 14.4. The van der Waals surface area contributed by atoms with Crippen LogP contribution in [0.25, 0.3) is 0 Å². The minimum absolute atomic E-state index is 0.00356. The summed E-state index contributed by atoms with van der Waals surface area (Å²) in [5.41, 5.74) is 0.959. The molecular formula is C20H23N3O6S. The topological polar surface area (TPSA) is 118 Å². The standard InChI is InChI=1S/C20H23N3O6S/c1-27-15-10-12(11-16(28-2)17(15)29-3)18(25)23-20(30)22-14-7-5-4-6-13(14)19(26)21-8-9-24/h4-7,10-11,24H,8-9H2,1-3H3,(H,21,26)(H2,22,23,25,30). The van der Waals surface area contributed by atoms with Gasteiger partial charge in [-0.15, -0.1) is 0 Å². The van der Waals surface area contributed by atoms with E-state index in [1.165, 1.54) is 33.5 Å². The Morgan fingerprint density at radius 2 is 1.63 bits per heavy atom. The number of aliphatic hydroxyl groups excluding tert-OH is 1. The van der Waals surface area contributed by atoms with Crippen molar-refractivity contribution in [2.45, 2.75) is 0 Å². The molecule has 0 aliphatic carbocycles. The number of para-hydroxylation sites is 1. The summed E-state index contributed by atoms with van der Waals surface area (Å²) >= 11 is 5.22. The van der Waals surface area contributed by atoms with Crippen molar-refractivity contribution < 1.29 is 28.9 Å². The SMILES string of the molecule is COc1cc(C(=O)NC(=S)Nc2ccccc2C(=O)NCCO)cc(OC)c1OC. The molecule has 0 aromatic heterocycles. The number of methoxy groups -OCH3 is 3. The predicted molar refractivity (Wildman–Crippen MR) is 116 cm³/mol. The minimum Gasteiger partial charge on any atom is -0.493 e. The summed E-state index contributed by atoms with van der Waals surface area (Å²) in [4.78, 5) is 24.9. The molecule has 0 aliphatic heterocycles. The summed E-state index contributed by atoms with van der Waals surface area (Å²) < 4.78 is 15.7. The molecule has 0 bridgehead atoms. The zero-order valence-electron chi connectivity index (χ0n) is 16.8. The fourth-order valence-corrected chi connectivity index (χ4v) is 2.80. The number of carbonyl (C=O) groups excluding carboxylic acids is 2. The van der Waals surface area contributed by atoms with Crippen LogP contribution in [0.5, 0.6) is 17.2 Å². The molecule has 4 N–H and O–H groups in total. The van der Waals surface area contributed by atoms with Crippen LogP contribution in [0.2, 0.25) is 0 Å². The molecule has 10 heteroatoms. The average Bonchev–Trinajstić information content (AvgIpc) is 2.76. The smallest absolute Gasteiger partial charge is 0.257 e. The number of aliphatic hydroxyl groups is 1. The second kappa shape index (κ2) is 11.0. The molecule has 0 saturated carbocycles. The monoisotopic (exact) mass is 433 g/mol. The highest BCUT2D eigenvalue weighted by Crippen LogP contribution is 2.38. The van der Waals surface area contributed by atoms with Gasteiger partial charge in [-0.25, -0.2) is 0 Å². The number of amides is 2. The first-order valence-corrected chi connectivity index (χ1v) is 9.26. The molecule has 0 atom stereocenters. The predicted octanol–water partition coefficient (Wildman–Crippen LogP) is 1.56. The molecule has 160 valence electrons. The third kappa shape index (κ3) is 5.58. The fourth-order valence-electron chi connectivity index (χ4n) is 2.60. The maximum atomic E-state index is 12.6. The van der Waals surface area contributed by atoms with E-state index in [4.69, 9.17) is 31.5 Å². The number of anilines is 1. The maximum absolute atomic E-state index is 12.6. The zero-order valence-corrected chi connectivity index (χ0v) is 17.6. The molecule has 2 aromatic carbocycles. The highest BCUT2D eigenvalue weighted by molar-refractivity contribution is 7.80. The number of hydrogen-bond acceptors (Lipinski definition) is 7. The third-order valence-corrected chi connectivity index (χ3v) is 4.18. The Balaban J connectivity index is 2.16. The van der Waals surface area contributed by atoms with Crippen molar-refractivity contribution in [1.29, 1.82) is 0 Å². The van der Waals surface area contributed by atoms with Crippen molar-refractivity contribution in [2.24, 2.45) is 0 Å². The van der Waals surface area contributed by atoms with E-state index in [0.29, 0.717) is 28.5 Å². The maximum Gasteiger partial charge on any atom is 0.257 e. The molecule has 2 aromatic rings. The number of benzene rings is 2. The van der Waals surface area contributed by atoms with Crippen LogP contribution in [-0.2, 0) is 0 Å². The Labute approximate surface area is 179 Å². The molecule has 0 saturated heterocycles. The molecule has 2 amide bonds. The van der Waals surface area contributed by atoms with Gasteiger partial charge in [0.1, 0.15) is 0 Å². The van der Waals surface area contributed by atoms with Crippen molar-refractivity contribution >= 4 is 34.8 Å². The zero-order chi connectivity index (χ0) is 22.1. The molecule has 0 radical (unpaired) electrons. The van der Waals surface area contributed by atoms with Gasteiger partial charge in [0.2, 0.25) is 5.75 Å². The Kier molecular flexibility index (Phi) is 8.39. The van der Waals surface area contributed by atoms with Crippen LogP contribution in [0, 0.1) is 0 Å². The molecule has 0 unspecified atom stereocenters. The Bertz CT molecular complexity index is 910. The van der Waals surface area contributed by atoms with Gasteiger partial charge in [0.25, 0.3) is 11.8 Å². The molecule has 0 spiro atoms. The van der Waals surface area contributed by atoms with Gasteiger partial charge >= 0.3 is 0 Å². The van der Waals surface area contributed by atoms with E-state index in [1.54, 1.807) is 24.3 Å². The summed E-state index contributed by atoms with van der Waals surface area (Å²) in [5.74, 6) is 0.124. The lowest BCUT2D eigenvalue weighted by molar-refractivity contribution is 0.0944. The Morgan fingerprint density at radius 3 is 2.20 bits per heavy atom. The van der Waals surface area contributed by atoms with E-state index in [9.17, 15) is 9.59 Å².